The predicted molar refractivity (Wildman–Crippen MR) is 92.4 cm³/mol. The van der Waals surface area contributed by atoms with Crippen LogP contribution in [0.2, 0.25) is 0 Å². The standard InChI is InChI=1S/C17H18ClNO3S/c1-13(2)14-8-10-15(11-9-14)19(12-17(18)20)23(21,22)16-6-4-3-5-7-16/h3-11,13H,12H2,1-2H3. The van der Waals surface area contributed by atoms with Gasteiger partial charge in [-0.25, -0.2) is 8.42 Å². The fourth-order valence-corrected chi connectivity index (χ4v) is 3.81. The normalized spacial score (nSPS) is 11.5. The first-order valence-electron chi connectivity index (χ1n) is 7.18. The molecule has 0 bridgehead atoms. The molecular formula is C17H18ClNO3S. The molecule has 0 N–H and O–H groups in total. The maximum atomic E-state index is 12.8. The van der Waals surface area contributed by atoms with Crippen LogP contribution in [-0.2, 0) is 14.8 Å². The lowest BCUT2D eigenvalue weighted by Crippen LogP contribution is -2.34. The molecule has 0 fully saturated rings. The molecule has 0 unspecified atom stereocenters. The summed E-state index contributed by atoms with van der Waals surface area (Å²) >= 11 is 5.45. The molecular weight excluding hydrogens is 334 g/mol. The average molecular weight is 352 g/mol. The Morgan fingerprint density at radius 1 is 1.04 bits per heavy atom. The van der Waals surface area contributed by atoms with Crippen LogP contribution in [-0.4, -0.2) is 20.2 Å². The lowest BCUT2D eigenvalue weighted by molar-refractivity contribution is -0.110. The molecule has 2 rings (SSSR count). The smallest absolute Gasteiger partial charge is 0.264 e. The third-order valence-corrected chi connectivity index (χ3v) is 5.35. The summed E-state index contributed by atoms with van der Waals surface area (Å²) in [6.45, 7) is 3.69. The topological polar surface area (TPSA) is 54.5 Å². The maximum absolute atomic E-state index is 12.8. The number of halogens is 1. The minimum Gasteiger partial charge on any atom is -0.279 e. The second kappa shape index (κ2) is 7.15. The van der Waals surface area contributed by atoms with Crippen molar-refractivity contribution in [3.63, 3.8) is 0 Å². The maximum Gasteiger partial charge on any atom is 0.264 e. The number of hydrogen-bond acceptors (Lipinski definition) is 3. The Balaban J connectivity index is 2.47. The predicted octanol–water partition coefficient (Wildman–Crippen LogP) is 3.77. The summed E-state index contributed by atoms with van der Waals surface area (Å²) in [4.78, 5) is 11.5. The first-order valence-corrected chi connectivity index (χ1v) is 9.00. The van der Waals surface area contributed by atoms with Crippen LogP contribution in [0.25, 0.3) is 0 Å². The Morgan fingerprint density at radius 3 is 2.09 bits per heavy atom. The van der Waals surface area contributed by atoms with Gasteiger partial charge < -0.3 is 0 Å². The first-order chi connectivity index (χ1) is 10.8. The van der Waals surface area contributed by atoms with Crippen LogP contribution in [0.5, 0.6) is 0 Å². The van der Waals surface area contributed by atoms with Gasteiger partial charge in [-0.3, -0.25) is 9.10 Å². The van der Waals surface area contributed by atoms with Crippen molar-refractivity contribution in [2.75, 3.05) is 10.8 Å². The highest BCUT2D eigenvalue weighted by Gasteiger charge is 2.26. The SMILES string of the molecule is CC(C)c1ccc(N(CC(=O)Cl)S(=O)(=O)c2ccccc2)cc1. The summed E-state index contributed by atoms with van der Waals surface area (Å²) in [5.41, 5.74) is 1.50. The van der Waals surface area contributed by atoms with E-state index in [1.807, 2.05) is 12.1 Å². The molecule has 0 aromatic heterocycles. The van der Waals surface area contributed by atoms with Gasteiger partial charge in [-0.1, -0.05) is 44.2 Å². The second-order valence-electron chi connectivity index (χ2n) is 5.43. The van der Waals surface area contributed by atoms with Crippen molar-refractivity contribution in [1.29, 1.82) is 0 Å². The summed E-state index contributed by atoms with van der Waals surface area (Å²) in [7, 11) is -3.85. The van der Waals surface area contributed by atoms with E-state index in [-0.39, 0.29) is 4.90 Å². The number of benzene rings is 2. The summed E-state index contributed by atoms with van der Waals surface area (Å²) in [6, 6.07) is 15.1. The summed E-state index contributed by atoms with van der Waals surface area (Å²) in [5, 5.41) is -0.738. The monoisotopic (exact) mass is 351 g/mol. The van der Waals surface area contributed by atoms with Gasteiger partial charge in [-0.2, -0.15) is 0 Å². The third-order valence-electron chi connectivity index (χ3n) is 3.45. The van der Waals surface area contributed by atoms with E-state index in [9.17, 15) is 13.2 Å². The van der Waals surface area contributed by atoms with Crippen LogP contribution in [0.3, 0.4) is 0 Å². The van der Waals surface area contributed by atoms with Crippen molar-refractivity contribution >= 4 is 32.6 Å². The van der Waals surface area contributed by atoms with Gasteiger partial charge in [0, 0.05) is 0 Å². The van der Waals surface area contributed by atoms with E-state index in [0.717, 1.165) is 9.87 Å². The highest BCUT2D eigenvalue weighted by Crippen LogP contribution is 2.25. The van der Waals surface area contributed by atoms with Crippen molar-refractivity contribution in [3.8, 4) is 0 Å². The van der Waals surface area contributed by atoms with Crippen LogP contribution >= 0.6 is 11.6 Å². The van der Waals surface area contributed by atoms with Gasteiger partial charge in [0.05, 0.1) is 10.6 Å². The number of anilines is 1. The molecule has 23 heavy (non-hydrogen) atoms. The number of sulfonamides is 1. The molecule has 2 aromatic rings. The molecule has 0 amide bonds. The lowest BCUT2D eigenvalue weighted by atomic mass is 10.0. The summed E-state index contributed by atoms with van der Waals surface area (Å²) in [6.07, 6.45) is 0. The Morgan fingerprint density at radius 2 is 1.61 bits per heavy atom. The van der Waals surface area contributed by atoms with Crippen molar-refractivity contribution in [1.82, 2.24) is 0 Å². The Bertz CT molecular complexity index is 771. The van der Waals surface area contributed by atoms with Crippen molar-refractivity contribution in [2.45, 2.75) is 24.7 Å². The number of carbonyl (C=O) groups is 1. The second-order valence-corrected chi connectivity index (χ2v) is 7.71. The molecule has 6 heteroatoms. The van der Waals surface area contributed by atoms with Gasteiger partial charge in [-0.05, 0) is 47.3 Å². The average Bonchev–Trinajstić information content (AvgIpc) is 2.53. The largest absolute Gasteiger partial charge is 0.279 e. The summed E-state index contributed by atoms with van der Waals surface area (Å²) in [5.74, 6) is 0.331. The van der Waals surface area contributed by atoms with E-state index < -0.39 is 21.8 Å². The van der Waals surface area contributed by atoms with Gasteiger partial charge in [0.1, 0.15) is 6.54 Å². The highest BCUT2D eigenvalue weighted by atomic mass is 35.5. The zero-order chi connectivity index (χ0) is 17.0. The van der Waals surface area contributed by atoms with Gasteiger partial charge >= 0.3 is 0 Å². The molecule has 0 aliphatic heterocycles. The van der Waals surface area contributed by atoms with Gasteiger partial charge in [0.2, 0.25) is 5.24 Å². The van der Waals surface area contributed by atoms with Crippen LogP contribution in [0.1, 0.15) is 25.3 Å². The Kier molecular flexibility index (Phi) is 5.44. The van der Waals surface area contributed by atoms with E-state index in [4.69, 9.17) is 11.6 Å². The minimum atomic E-state index is -3.85. The molecule has 0 aliphatic rings. The highest BCUT2D eigenvalue weighted by molar-refractivity contribution is 7.92. The Labute approximate surface area is 141 Å². The van der Waals surface area contributed by atoms with Gasteiger partial charge in [0.25, 0.3) is 10.0 Å². The van der Waals surface area contributed by atoms with E-state index >= 15 is 0 Å². The third kappa shape index (κ3) is 4.12. The molecule has 2 aromatic carbocycles. The quantitative estimate of drug-likeness (QED) is 0.744. The number of carbonyl (C=O) groups excluding carboxylic acids is 1. The first kappa shape index (κ1) is 17.5. The van der Waals surface area contributed by atoms with Gasteiger partial charge in [-0.15, -0.1) is 0 Å². The molecule has 0 saturated carbocycles. The van der Waals surface area contributed by atoms with E-state index in [2.05, 4.69) is 13.8 Å². The van der Waals surface area contributed by atoms with Crippen LogP contribution < -0.4 is 4.31 Å². The fraction of sp³-hybridized carbons (Fsp3) is 0.235. The number of hydrogen-bond donors (Lipinski definition) is 0. The van der Waals surface area contributed by atoms with E-state index in [1.54, 1.807) is 30.3 Å². The van der Waals surface area contributed by atoms with Crippen LogP contribution in [0, 0.1) is 0 Å². The molecule has 0 atom stereocenters. The fourth-order valence-electron chi connectivity index (χ4n) is 2.17. The molecule has 0 spiro atoms. The number of rotatable bonds is 6. The minimum absolute atomic E-state index is 0.117. The zero-order valence-corrected chi connectivity index (χ0v) is 14.5. The molecule has 0 radical (unpaired) electrons. The van der Waals surface area contributed by atoms with E-state index in [1.165, 1.54) is 12.1 Å². The van der Waals surface area contributed by atoms with Crippen molar-refractivity contribution in [3.05, 3.63) is 60.2 Å². The summed E-state index contributed by atoms with van der Waals surface area (Å²) < 4.78 is 26.6. The Hall–Kier alpha value is -1.85. The lowest BCUT2D eigenvalue weighted by Gasteiger charge is -2.23. The number of nitrogens with zero attached hydrogens (tertiary/aromatic N) is 1. The molecule has 4 nitrogen and oxygen atoms in total. The molecule has 0 saturated heterocycles. The van der Waals surface area contributed by atoms with Crippen molar-refractivity contribution in [2.24, 2.45) is 0 Å². The van der Waals surface area contributed by atoms with Crippen LogP contribution in [0.15, 0.2) is 59.5 Å². The van der Waals surface area contributed by atoms with E-state index in [0.29, 0.717) is 11.6 Å². The van der Waals surface area contributed by atoms with Crippen LogP contribution in [0.4, 0.5) is 5.69 Å². The molecule has 0 aliphatic carbocycles. The molecule has 122 valence electrons. The van der Waals surface area contributed by atoms with Crippen molar-refractivity contribution < 1.29 is 13.2 Å². The zero-order valence-electron chi connectivity index (χ0n) is 12.9. The van der Waals surface area contributed by atoms with Gasteiger partial charge in [0.15, 0.2) is 0 Å². The molecule has 0 heterocycles.